The van der Waals surface area contributed by atoms with E-state index in [4.69, 9.17) is 0 Å². The summed E-state index contributed by atoms with van der Waals surface area (Å²) in [6.45, 7) is 32.1. The minimum absolute atomic E-state index is 0.0729. The van der Waals surface area contributed by atoms with E-state index < -0.39 is 0 Å². The standard InChI is InChI=1S/C36H37N.C9H18.2C2H6/c1-25-21-22-27-16-11-13-18-29(27)33(25)35(3,4)26(2)15-9-8-10-20-32-36(5,6)34-30-19-14-12-17-28(30)23-24-31(34)37(32)7;1-4-5-6-7-8-9(2)3;2*1-2/h8-24H,2H2,1,3-7H3;2,4-8H2,1,3H3;2*1-2H3/b10-8+,15-9+,32-20+;;;. The first-order valence-corrected chi connectivity index (χ1v) is 19.0. The molecule has 0 N–H and O–H groups in total. The van der Waals surface area contributed by atoms with Crippen LogP contribution in [0.3, 0.4) is 0 Å². The molecule has 1 aliphatic heterocycles. The van der Waals surface area contributed by atoms with E-state index in [2.05, 4.69) is 177 Å². The Hall–Kier alpha value is -4.10. The highest BCUT2D eigenvalue weighted by molar-refractivity contribution is 5.94. The van der Waals surface area contributed by atoms with Crippen LogP contribution in [0.5, 0.6) is 0 Å². The number of nitrogens with zero attached hydrogens (tertiary/aromatic N) is 1. The van der Waals surface area contributed by atoms with Crippen molar-refractivity contribution >= 4 is 27.2 Å². The van der Waals surface area contributed by atoms with Gasteiger partial charge in [-0.05, 0) is 82.6 Å². The van der Waals surface area contributed by atoms with Crippen LogP contribution in [0.4, 0.5) is 5.69 Å². The fourth-order valence-electron chi connectivity index (χ4n) is 7.01. The zero-order chi connectivity index (χ0) is 37.5. The Morgan fingerprint density at radius 1 is 0.760 bits per heavy atom. The van der Waals surface area contributed by atoms with Crippen molar-refractivity contribution in [2.24, 2.45) is 0 Å². The monoisotopic (exact) mass is 670 g/mol. The van der Waals surface area contributed by atoms with E-state index in [9.17, 15) is 0 Å². The van der Waals surface area contributed by atoms with E-state index in [-0.39, 0.29) is 10.8 Å². The molecule has 0 aliphatic carbocycles. The van der Waals surface area contributed by atoms with Gasteiger partial charge < -0.3 is 4.90 Å². The number of allylic oxidation sites excluding steroid dienone is 8. The summed E-state index contributed by atoms with van der Waals surface area (Å²) in [6, 6.07) is 26.3. The van der Waals surface area contributed by atoms with Gasteiger partial charge in [-0.15, -0.1) is 6.58 Å². The van der Waals surface area contributed by atoms with Gasteiger partial charge in [-0.25, -0.2) is 0 Å². The van der Waals surface area contributed by atoms with Crippen molar-refractivity contribution in [3.63, 3.8) is 0 Å². The molecule has 0 saturated heterocycles. The number of hydrogen-bond donors (Lipinski definition) is 0. The molecule has 0 bridgehead atoms. The lowest BCUT2D eigenvalue weighted by Gasteiger charge is -2.30. The van der Waals surface area contributed by atoms with Crippen molar-refractivity contribution in [2.75, 3.05) is 11.9 Å². The molecule has 0 unspecified atom stereocenters. The van der Waals surface area contributed by atoms with Gasteiger partial charge in [-0.1, -0.05) is 185 Å². The molecule has 0 aromatic heterocycles. The second kappa shape index (κ2) is 19.9. The minimum atomic E-state index is -0.176. The van der Waals surface area contributed by atoms with Crippen LogP contribution < -0.4 is 4.90 Å². The molecule has 0 spiro atoms. The summed E-state index contributed by atoms with van der Waals surface area (Å²) in [6.07, 6.45) is 17.4. The molecule has 4 aromatic rings. The van der Waals surface area contributed by atoms with Crippen molar-refractivity contribution in [1.29, 1.82) is 0 Å². The molecule has 0 fully saturated rings. The number of benzene rings is 4. The van der Waals surface area contributed by atoms with Crippen molar-refractivity contribution in [3.8, 4) is 0 Å². The highest BCUT2D eigenvalue weighted by atomic mass is 15.2. The molecule has 1 aliphatic rings. The zero-order valence-corrected chi connectivity index (χ0v) is 33.7. The van der Waals surface area contributed by atoms with E-state index in [0.717, 1.165) is 5.57 Å². The van der Waals surface area contributed by atoms with Crippen LogP contribution in [0.25, 0.3) is 21.5 Å². The summed E-state index contributed by atoms with van der Waals surface area (Å²) in [5.41, 5.74) is 8.83. The third kappa shape index (κ3) is 10.00. The molecule has 1 nitrogen and oxygen atoms in total. The van der Waals surface area contributed by atoms with E-state index in [0.29, 0.717) is 0 Å². The summed E-state index contributed by atoms with van der Waals surface area (Å²) < 4.78 is 0. The van der Waals surface area contributed by atoms with Crippen LogP contribution in [-0.4, -0.2) is 7.05 Å². The van der Waals surface area contributed by atoms with Crippen LogP contribution in [0.1, 0.15) is 118 Å². The number of hydrogen-bond acceptors (Lipinski definition) is 1. The molecule has 5 rings (SSSR count). The summed E-state index contributed by atoms with van der Waals surface area (Å²) in [7, 11) is 2.18. The average Bonchev–Trinajstić information content (AvgIpc) is 3.31. The zero-order valence-electron chi connectivity index (χ0n) is 33.7. The normalized spacial score (nSPS) is 14.2. The highest BCUT2D eigenvalue weighted by Gasteiger charge is 2.39. The fourth-order valence-corrected chi connectivity index (χ4v) is 7.01. The minimum Gasteiger partial charge on any atom is -0.347 e. The molecular formula is C49H67N. The van der Waals surface area contributed by atoms with E-state index in [1.807, 2.05) is 27.7 Å². The first kappa shape index (κ1) is 42.1. The lowest BCUT2D eigenvalue weighted by Crippen LogP contribution is -2.22. The van der Waals surface area contributed by atoms with Crippen LogP contribution in [-0.2, 0) is 10.8 Å². The molecule has 268 valence electrons. The quantitative estimate of drug-likeness (QED) is 0.0923. The van der Waals surface area contributed by atoms with Gasteiger partial charge in [-0.2, -0.15) is 0 Å². The lowest BCUT2D eigenvalue weighted by atomic mass is 9.74. The summed E-state index contributed by atoms with van der Waals surface area (Å²) in [4.78, 5) is 2.33. The maximum atomic E-state index is 4.47. The fraction of sp³-hybridized carbons (Fsp3) is 0.388. The Morgan fingerprint density at radius 3 is 1.96 bits per heavy atom. The predicted molar refractivity (Wildman–Crippen MR) is 229 cm³/mol. The second-order valence-electron chi connectivity index (χ2n) is 14.1. The van der Waals surface area contributed by atoms with Crippen molar-refractivity contribution in [3.05, 3.63) is 150 Å². The first-order valence-electron chi connectivity index (χ1n) is 19.0. The van der Waals surface area contributed by atoms with Crippen molar-refractivity contribution in [2.45, 2.75) is 119 Å². The molecule has 0 amide bonds. The number of unbranched alkanes of at least 4 members (excludes halogenated alkanes) is 3. The Bertz CT molecular complexity index is 1790. The SMILES string of the molecule is C=C(/C=C/C=C/C=C1/N(C)c2ccc3ccccc3c2C1(C)C)C(C)(C)c1c(C)ccc2ccccc12.C=C(C)CCCCCC.CC.CC. The topological polar surface area (TPSA) is 3.24 Å². The number of anilines is 1. The van der Waals surface area contributed by atoms with Gasteiger partial charge in [0.25, 0.3) is 0 Å². The van der Waals surface area contributed by atoms with Gasteiger partial charge in [0.2, 0.25) is 0 Å². The molecule has 0 saturated carbocycles. The van der Waals surface area contributed by atoms with Crippen LogP contribution in [0.2, 0.25) is 0 Å². The smallest absolute Gasteiger partial charge is 0.0454 e. The summed E-state index contributed by atoms with van der Waals surface area (Å²) >= 11 is 0. The molecule has 1 heteroatoms. The maximum absolute atomic E-state index is 4.47. The molecule has 0 radical (unpaired) electrons. The Morgan fingerprint density at radius 2 is 1.34 bits per heavy atom. The summed E-state index contributed by atoms with van der Waals surface area (Å²) in [5.74, 6) is 0. The largest absolute Gasteiger partial charge is 0.347 e. The van der Waals surface area contributed by atoms with Gasteiger partial charge in [0.05, 0.1) is 0 Å². The second-order valence-corrected chi connectivity index (χ2v) is 14.1. The number of likely N-dealkylation sites (N-methyl/N-ethyl adjacent to an activating group) is 1. The Labute approximate surface area is 307 Å². The number of rotatable bonds is 10. The van der Waals surface area contributed by atoms with Crippen molar-refractivity contribution in [1.82, 2.24) is 0 Å². The van der Waals surface area contributed by atoms with Gasteiger partial charge in [0.15, 0.2) is 0 Å². The van der Waals surface area contributed by atoms with Crippen LogP contribution in [0.15, 0.2) is 133 Å². The van der Waals surface area contributed by atoms with Gasteiger partial charge in [-0.3, -0.25) is 0 Å². The third-order valence-corrected chi connectivity index (χ3v) is 9.69. The van der Waals surface area contributed by atoms with Crippen LogP contribution in [0, 0.1) is 6.92 Å². The summed E-state index contributed by atoms with van der Waals surface area (Å²) in [5, 5.41) is 5.22. The third-order valence-electron chi connectivity index (χ3n) is 9.69. The number of aryl methyl sites for hydroxylation is 1. The van der Waals surface area contributed by atoms with Gasteiger partial charge in [0.1, 0.15) is 0 Å². The molecule has 4 aromatic carbocycles. The van der Waals surface area contributed by atoms with E-state index in [1.54, 1.807) is 0 Å². The maximum Gasteiger partial charge on any atom is 0.0454 e. The van der Waals surface area contributed by atoms with Gasteiger partial charge in [0, 0.05) is 29.3 Å². The van der Waals surface area contributed by atoms with Crippen molar-refractivity contribution < 1.29 is 0 Å². The van der Waals surface area contributed by atoms with Gasteiger partial charge >= 0.3 is 0 Å². The van der Waals surface area contributed by atoms with E-state index in [1.165, 1.54) is 87.3 Å². The average molecular weight is 670 g/mol. The highest BCUT2D eigenvalue weighted by Crippen LogP contribution is 2.50. The molecule has 1 heterocycles. The predicted octanol–water partition coefficient (Wildman–Crippen LogP) is 15.1. The van der Waals surface area contributed by atoms with Crippen LogP contribution >= 0.6 is 0 Å². The van der Waals surface area contributed by atoms with E-state index >= 15 is 0 Å². The Kier molecular flexibility index (Phi) is 16.8. The lowest BCUT2D eigenvalue weighted by molar-refractivity contribution is 0.643. The molecular weight excluding hydrogens is 603 g/mol. The first-order chi connectivity index (χ1) is 23.9. The Balaban J connectivity index is 0.000000576. The number of fused-ring (bicyclic) bond motifs is 4. The molecule has 50 heavy (non-hydrogen) atoms. The molecule has 0 atom stereocenters.